The van der Waals surface area contributed by atoms with E-state index in [1.807, 2.05) is 44.2 Å². The number of likely N-dealkylation sites (N-methyl/N-ethyl adjacent to an activating group) is 1. The standard InChI is InChI=1S/C17H25NO4/c1-5-22-12-15(17(20)21-4)18(3)16(19)11-13(2)14-9-7-6-8-10-14/h6-10,13,15H,5,11-12H2,1-4H3/t13-,15-/m0/s1. The van der Waals surface area contributed by atoms with Gasteiger partial charge < -0.3 is 14.4 Å². The minimum Gasteiger partial charge on any atom is -0.467 e. The van der Waals surface area contributed by atoms with Crippen molar-refractivity contribution < 1.29 is 19.1 Å². The number of hydrogen-bond donors (Lipinski definition) is 0. The van der Waals surface area contributed by atoms with Crippen LogP contribution in [-0.4, -0.2) is 50.2 Å². The first-order valence-corrected chi connectivity index (χ1v) is 7.47. The largest absolute Gasteiger partial charge is 0.467 e. The molecule has 1 aromatic carbocycles. The molecule has 0 aliphatic heterocycles. The van der Waals surface area contributed by atoms with Crippen molar-refractivity contribution in [3.8, 4) is 0 Å². The zero-order valence-electron chi connectivity index (χ0n) is 13.7. The number of carbonyl (C=O) groups excluding carboxylic acids is 2. The Morgan fingerprint density at radius 1 is 1.23 bits per heavy atom. The summed E-state index contributed by atoms with van der Waals surface area (Å²) >= 11 is 0. The van der Waals surface area contributed by atoms with Crippen molar-refractivity contribution in [2.24, 2.45) is 0 Å². The Morgan fingerprint density at radius 2 is 1.86 bits per heavy atom. The third-order valence-corrected chi connectivity index (χ3v) is 3.66. The smallest absolute Gasteiger partial charge is 0.330 e. The summed E-state index contributed by atoms with van der Waals surface area (Å²) in [5.74, 6) is -0.482. The van der Waals surface area contributed by atoms with Crippen LogP contribution in [0, 0.1) is 0 Å². The van der Waals surface area contributed by atoms with E-state index in [0.29, 0.717) is 13.0 Å². The van der Waals surface area contributed by atoms with Crippen molar-refractivity contribution in [3.63, 3.8) is 0 Å². The summed E-state index contributed by atoms with van der Waals surface area (Å²) in [7, 11) is 2.92. The summed E-state index contributed by atoms with van der Waals surface area (Å²) in [5, 5.41) is 0. The van der Waals surface area contributed by atoms with E-state index in [9.17, 15) is 9.59 Å². The van der Waals surface area contributed by atoms with Gasteiger partial charge in [0.2, 0.25) is 5.91 Å². The van der Waals surface area contributed by atoms with Gasteiger partial charge in [-0.2, -0.15) is 0 Å². The molecule has 0 saturated carbocycles. The summed E-state index contributed by atoms with van der Waals surface area (Å²) in [5.41, 5.74) is 1.10. The van der Waals surface area contributed by atoms with Crippen LogP contribution in [0.15, 0.2) is 30.3 Å². The summed E-state index contributed by atoms with van der Waals surface area (Å²) in [4.78, 5) is 25.7. The normalized spacial score (nSPS) is 13.3. The van der Waals surface area contributed by atoms with Crippen molar-refractivity contribution in [2.45, 2.75) is 32.2 Å². The lowest BCUT2D eigenvalue weighted by molar-refractivity contribution is -0.154. The Kier molecular flexibility index (Phi) is 7.60. The van der Waals surface area contributed by atoms with Crippen molar-refractivity contribution >= 4 is 11.9 Å². The molecule has 1 rings (SSSR count). The zero-order valence-corrected chi connectivity index (χ0v) is 13.7. The number of hydrogen-bond acceptors (Lipinski definition) is 4. The second-order valence-electron chi connectivity index (χ2n) is 5.22. The molecule has 5 heteroatoms. The van der Waals surface area contributed by atoms with Gasteiger partial charge in [-0.25, -0.2) is 4.79 Å². The van der Waals surface area contributed by atoms with Crippen molar-refractivity contribution in [1.29, 1.82) is 0 Å². The van der Waals surface area contributed by atoms with Crippen LogP contribution in [-0.2, 0) is 19.1 Å². The molecule has 0 aromatic heterocycles. The minimum atomic E-state index is -0.708. The molecule has 1 amide bonds. The highest BCUT2D eigenvalue weighted by atomic mass is 16.5. The zero-order chi connectivity index (χ0) is 16.5. The molecule has 1 aromatic rings. The Balaban J connectivity index is 2.70. The second kappa shape index (κ2) is 9.20. The van der Waals surface area contributed by atoms with E-state index in [1.165, 1.54) is 12.0 Å². The SMILES string of the molecule is CCOC[C@@H](C(=O)OC)N(C)C(=O)C[C@H](C)c1ccccc1. The molecule has 0 heterocycles. The molecule has 22 heavy (non-hydrogen) atoms. The highest BCUT2D eigenvalue weighted by molar-refractivity contribution is 5.84. The van der Waals surface area contributed by atoms with Crippen LogP contribution in [0.5, 0.6) is 0 Å². The number of carbonyl (C=O) groups is 2. The van der Waals surface area contributed by atoms with Crippen molar-refractivity contribution in [2.75, 3.05) is 27.4 Å². The van der Waals surface area contributed by atoms with Gasteiger partial charge in [-0.05, 0) is 18.4 Å². The second-order valence-corrected chi connectivity index (χ2v) is 5.22. The molecule has 122 valence electrons. The number of ether oxygens (including phenoxy) is 2. The lowest BCUT2D eigenvalue weighted by atomic mass is 9.97. The molecule has 0 saturated heterocycles. The van der Waals surface area contributed by atoms with Crippen LogP contribution in [0.1, 0.15) is 31.7 Å². The number of esters is 1. The topological polar surface area (TPSA) is 55.8 Å². The molecule has 0 aliphatic carbocycles. The third-order valence-electron chi connectivity index (χ3n) is 3.66. The van der Waals surface area contributed by atoms with Gasteiger partial charge in [-0.1, -0.05) is 37.3 Å². The van der Waals surface area contributed by atoms with E-state index < -0.39 is 12.0 Å². The van der Waals surface area contributed by atoms with Gasteiger partial charge in [-0.15, -0.1) is 0 Å². The first kappa shape index (κ1) is 18.2. The number of rotatable bonds is 8. The number of benzene rings is 1. The van der Waals surface area contributed by atoms with Gasteiger partial charge in [0, 0.05) is 20.1 Å². The number of nitrogens with zero attached hydrogens (tertiary/aromatic N) is 1. The van der Waals surface area contributed by atoms with E-state index in [1.54, 1.807) is 7.05 Å². The van der Waals surface area contributed by atoms with Gasteiger partial charge in [0.15, 0.2) is 6.04 Å². The van der Waals surface area contributed by atoms with Crippen LogP contribution >= 0.6 is 0 Å². The fourth-order valence-electron chi connectivity index (χ4n) is 2.18. The quantitative estimate of drug-likeness (QED) is 0.691. The van der Waals surface area contributed by atoms with E-state index in [4.69, 9.17) is 9.47 Å². The highest BCUT2D eigenvalue weighted by Gasteiger charge is 2.28. The summed E-state index contributed by atoms with van der Waals surface area (Å²) < 4.78 is 10.0. The fourth-order valence-corrected chi connectivity index (χ4v) is 2.18. The maximum Gasteiger partial charge on any atom is 0.330 e. The van der Waals surface area contributed by atoms with Crippen LogP contribution in [0.2, 0.25) is 0 Å². The van der Waals surface area contributed by atoms with E-state index in [-0.39, 0.29) is 18.4 Å². The van der Waals surface area contributed by atoms with Crippen LogP contribution < -0.4 is 0 Å². The van der Waals surface area contributed by atoms with Crippen LogP contribution in [0.3, 0.4) is 0 Å². The lowest BCUT2D eigenvalue weighted by Crippen LogP contribution is -2.46. The monoisotopic (exact) mass is 307 g/mol. The van der Waals surface area contributed by atoms with E-state index >= 15 is 0 Å². The minimum absolute atomic E-state index is 0.0848. The molecular weight excluding hydrogens is 282 g/mol. The Bertz CT molecular complexity index is 475. The Morgan fingerprint density at radius 3 is 2.41 bits per heavy atom. The molecule has 0 N–H and O–H groups in total. The molecule has 0 radical (unpaired) electrons. The molecule has 0 spiro atoms. The van der Waals surface area contributed by atoms with Gasteiger partial charge >= 0.3 is 5.97 Å². The van der Waals surface area contributed by atoms with Gasteiger partial charge in [0.05, 0.1) is 13.7 Å². The maximum absolute atomic E-state index is 12.4. The van der Waals surface area contributed by atoms with Crippen LogP contribution in [0.25, 0.3) is 0 Å². The maximum atomic E-state index is 12.4. The first-order chi connectivity index (χ1) is 10.5. The number of methoxy groups -OCH3 is 1. The number of amides is 1. The predicted molar refractivity (Wildman–Crippen MR) is 84.5 cm³/mol. The molecule has 0 aliphatic rings. The molecule has 0 bridgehead atoms. The summed E-state index contributed by atoms with van der Waals surface area (Å²) in [6, 6.07) is 9.13. The average molecular weight is 307 g/mol. The summed E-state index contributed by atoms with van der Waals surface area (Å²) in [6.45, 7) is 4.46. The molecule has 5 nitrogen and oxygen atoms in total. The van der Waals surface area contributed by atoms with E-state index in [0.717, 1.165) is 5.56 Å². The fraction of sp³-hybridized carbons (Fsp3) is 0.529. The predicted octanol–water partition coefficient (Wildman–Crippen LogP) is 2.22. The lowest BCUT2D eigenvalue weighted by Gasteiger charge is -2.27. The van der Waals surface area contributed by atoms with Crippen LogP contribution in [0.4, 0.5) is 0 Å². The van der Waals surface area contributed by atoms with Crippen molar-refractivity contribution in [1.82, 2.24) is 4.90 Å². The molecule has 0 unspecified atom stereocenters. The average Bonchev–Trinajstić information content (AvgIpc) is 2.55. The highest BCUT2D eigenvalue weighted by Crippen LogP contribution is 2.20. The molecular formula is C17H25NO4. The third kappa shape index (κ3) is 5.15. The molecule has 0 fully saturated rings. The van der Waals surface area contributed by atoms with Gasteiger partial charge in [0.25, 0.3) is 0 Å². The molecule has 2 atom stereocenters. The Labute approximate surface area is 132 Å². The van der Waals surface area contributed by atoms with Gasteiger partial charge in [0.1, 0.15) is 0 Å². The van der Waals surface area contributed by atoms with Crippen molar-refractivity contribution in [3.05, 3.63) is 35.9 Å². The van der Waals surface area contributed by atoms with Gasteiger partial charge in [-0.3, -0.25) is 4.79 Å². The Hall–Kier alpha value is -1.88. The first-order valence-electron chi connectivity index (χ1n) is 7.47. The summed E-state index contributed by atoms with van der Waals surface area (Å²) in [6.07, 6.45) is 0.333. The van der Waals surface area contributed by atoms with E-state index in [2.05, 4.69) is 0 Å².